The van der Waals surface area contributed by atoms with Crippen molar-refractivity contribution >= 4 is 23.2 Å². The fourth-order valence-electron chi connectivity index (χ4n) is 2.69. The molecule has 0 heterocycles. The molecule has 0 saturated heterocycles. The molecule has 26 heavy (non-hydrogen) atoms. The SMILES string of the molecule is COc1cc(C(=O)Nc2cccc(NC(=O)C3CC3)c2)cc(OC)c1C. The summed E-state index contributed by atoms with van der Waals surface area (Å²) in [5, 5.41) is 5.71. The van der Waals surface area contributed by atoms with Crippen molar-refractivity contribution in [2.45, 2.75) is 19.8 Å². The zero-order valence-electron chi connectivity index (χ0n) is 15.1. The van der Waals surface area contributed by atoms with Gasteiger partial charge in [-0.1, -0.05) is 6.07 Å². The molecule has 1 aliphatic rings. The number of ether oxygens (including phenoxy) is 2. The molecule has 0 aliphatic heterocycles. The Morgan fingerprint density at radius 2 is 1.54 bits per heavy atom. The minimum atomic E-state index is -0.285. The summed E-state index contributed by atoms with van der Waals surface area (Å²) in [4.78, 5) is 24.5. The maximum absolute atomic E-state index is 12.6. The Balaban J connectivity index is 1.76. The van der Waals surface area contributed by atoms with Crippen LogP contribution in [0.1, 0.15) is 28.8 Å². The van der Waals surface area contributed by atoms with E-state index in [9.17, 15) is 9.59 Å². The predicted molar refractivity (Wildman–Crippen MR) is 100 cm³/mol. The van der Waals surface area contributed by atoms with E-state index in [2.05, 4.69) is 10.6 Å². The Hall–Kier alpha value is -3.02. The third kappa shape index (κ3) is 3.96. The second-order valence-electron chi connectivity index (χ2n) is 6.30. The number of hydrogen-bond acceptors (Lipinski definition) is 4. The first kappa shape index (κ1) is 17.8. The van der Waals surface area contributed by atoms with E-state index < -0.39 is 0 Å². The molecular formula is C20H22N2O4. The Morgan fingerprint density at radius 1 is 0.962 bits per heavy atom. The fourth-order valence-corrected chi connectivity index (χ4v) is 2.69. The third-order valence-electron chi connectivity index (χ3n) is 4.35. The molecule has 2 N–H and O–H groups in total. The van der Waals surface area contributed by atoms with E-state index >= 15 is 0 Å². The Bertz CT molecular complexity index is 818. The van der Waals surface area contributed by atoms with Crippen molar-refractivity contribution in [3.05, 3.63) is 47.5 Å². The smallest absolute Gasteiger partial charge is 0.255 e. The van der Waals surface area contributed by atoms with E-state index in [1.165, 1.54) is 0 Å². The monoisotopic (exact) mass is 354 g/mol. The van der Waals surface area contributed by atoms with Crippen LogP contribution >= 0.6 is 0 Å². The van der Waals surface area contributed by atoms with Gasteiger partial charge in [0.1, 0.15) is 11.5 Å². The second-order valence-corrected chi connectivity index (χ2v) is 6.30. The van der Waals surface area contributed by atoms with Crippen molar-refractivity contribution in [1.82, 2.24) is 0 Å². The van der Waals surface area contributed by atoms with Gasteiger partial charge < -0.3 is 20.1 Å². The van der Waals surface area contributed by atoms with Gasteiger partial charge in [-0.15, -0.1) is 0 Å². The van der Waals surface area contributed by atoms with Crippen LogP contribution in [0.3, 0.4) is 0 Å². The standard InChI is InChI=1S/C20H22N2O4/c1-12-17(25-2)9-14(10-18(12)26-3)20(24)22-16-6-4-5-15(11-16)21-19(23)13-7-8-13/h4-6,9-11,13H,7-8H2,1-3H3,(H,21,23)(H,22,24). The van der Waals surface area contributed by atoms with Crippen LogP contribution in [0.25, 0.3) is 0 Å². The van der Waals surface area contributed by atoms with Crippen LogP contribution < -0.4 is 20.1 Å². The fraction of sp³-hybridized carbons (Fsp3) is 0.300. The van der Waals surface area contributed by atoms with Gasteiger partial charge in [0.15, 0.2) is 0 Å². The lowest BCUT2D eigenvalue weighted by Crippen LogP contribution is -2.15. The highest BCUT2D eigenvalue weighted by Gasteiger charge is 2.29. The topological polar surface area (TPSA) is 76.7 Å². The summed E-state index contributed by atoms with van der Waals surface area (Å²) in [6, 6.07) is 10.4. The number of hydrogen-bond donors (Lipinski definition) is 2. The summed E-state index contributed by atoms with van der Waals surface area (Å²) in [5.41, 5.74) is 2.52. The number of carbonyl (C=O) groups is 2. The largest absolute Gasteiger partial charge is 0.496 e. The molecule has 0 aromatic heterocycles. The van der Waals surface area contributed by atoms with Gasteiger partial charge in [-0.2, -0.15) is 0 Å². The molecule has 1 aliphatic carbocycles. The molecule has 0 unspecified atom stereocenters. The molecule has 0 atom stereocenters. The zero-order valence-corrected chi connectivity index (χ0v) is 15.1. The van der Waals surface area contributed by atoms with E-state index in [1.54, 1.807) is 50.6 Å². The van der Waals surface area contributed by atoms with E-state index in [0.717, 1.165) is 18.4 Å². The Morgan fingerprint density at radius 3 is 2.08 bits per heavy atom. The average molecular weight is 354 g/mol. The molecular weight excluding hydrogens is 332 g/mol. The minimum Gasteiger partial charge on any atom is -0.496 e. The molecule has 1 saturated carbocycles. The zero-order chi connectivity index (χ0) is 18.7. The summed E-state index contributed by atoms with van der Waals surface area (Å²) < 4.78 is 10.6. The normalized spacial score (nSPS) is 13.0. The van der Waals surface area contributed by atoms with Crippen molar-refractivity contribution in [2.75, 3.05) is 24.9 Å². The summed E-state index contributed by atoms with van der Waals surface area (Å²) in [6.07, 6.45) is 1.89. The minimum absolute atomic E-state index is 0.0292. The van der Waals surface area contributed by atoms with Crippen molar-refractivity contribution < 1.29 is 19.1 Å². The van der Waals surface area contributed by atoms with Gasteiger partial charge in [-0.3, -0.25) is 9.59 Å². The molecule has 2 aromatic rings. The maximum atomic E-state index is 12.6. The highest BCUT2D eigenvalue weighted by atomic mass is 16.5. The number of amides is 2. The van der Waals surface area contributed by atoms with Gasteiger partial charge in [-0.25, -0.2) is 0 Å². The molecule has 2 amide bonds. The second kappa shape index (κ2) is 7.47. The number of methoxy groups -OCH3 is 2. The van der Waals surface area contributed by atoms with Crippen LogP contribution in [0.2, 0.25) is 0 Å². The van der Waals surface area contributed by atoms with Crippen LogP contribution in [0.15, 0.2) is 36.4 Å². The van der Waals surface area contributed by atoms with Crippen molar-refractivity contribution in [3.8, 4) is 11.5 Å². The lowest BCUT2D eigenvalue weighted by Gasteiger charge is -2.13. The van der Waals surface area contributed by atoms with Crippen LogP contribution in [-0.2, 0) is 4.79 Å². The quantitative estimate of drug-likeness (QED) is 0.831. The third-order valence-corrected chi connectivity index (χ3v) is 4.35. The van der Waals surface area contributed by atoms with Gasteiger partial charge in [0.25, 0.3) is 5.91 Å². The molecule has 2 aromatic carbocycles. The van der Waals surface area contributed by atoms with Gasteiger partial charge in [0.05, 0.1) is 14.2 Å². The maximum Gasteiger partial charge on any atom is 0.255 e. The van der Waals surface area contributed by atoms with Crippen LogP contribution in [0.4, 0.5) is 11.4 Å². The van der Waals surface area contributed by atoms with Crippen LogP contribution in [0.5, 0.6) is 11.5 Å². The van der Waals surface area contributed by atoms with E-state index in [-0.39, 0.29) is 17.7 Å². The van der Waals surface area contributed by atoms with Crippen molar-refractivity contribution in [1.29, 1.82) is 0 Å². The van der Waals surface area contributed by atoms with Gasteiger partial charge >= 0.3 is 0 Å². The summed E-state index contributed by atoms with van der Waals surface area (Å²) in [5.74, 6) is 1.04. The van der Waals surface area contributed by atoms with Crippen molar-refractivity contribution in [3.63, 3.8) is 0 Å². The van der Waals surface area contributed by atoms with Crippen LogP contribution in [0, 0.1) is 12.8 Å². The molecule has 0 bridgehead atoms. The van der Waals surface area contributed by atoms with Crippen LogP contribution in [-0.4, -0.2) is 26.0 Å². The lowest BCUT2D eigenvalue weighted by atomic mass is 10.1. The molecule has 6 nitrogen and oxygen atoms in total. The van der Waals surface area contributed by atoms with E-state index in [4.69, 9.17) is 9.47 Å². The number of benzene rings is 2. The van der Waals surface area contributed by atoms with Gasteiger partial charge in [0, 0.05) is 28.4 Å². The number of carbonyl (C=O) groups excluding carboxylic acids is 2. The molecule has 6 heteroatoms. The van der Waals surface area contributed by atoms with Gasteiger partial charge in [-0.05, 0) is 50.1 Å². The Labute approximate surface area is 152 Å². The van der Waals surface area contributed by atoms with E-state index in [0.29, 0.717) is 28.4 Å². The summed E-state index contributed by atoms with van der Waals surface area (Å²) in [6.45, 7) is 1.87. The molecule has 1 fully saturated rings. The number of rotatable bonds is 6. The molecule has 3 rings (SSSR count). The van der Waals surface area contributed by atoms with Crippen molar-refractivity contribution in [2.24, 2.45) is 5.92 Å². The highest BCUT2D eigenvalue weighted by molar-refractivity contribution is 6.05. The Kier molecular flexibility index (Phi) is 5.11. The van der Waals surface area contributed by atoms with Gasteiger partial charge in [0.2, 0.25) is 5.91 Å². The lowest BCUT2D eigenvalue weighted by molar-refractivity contribution is -0.117. The predicted octanol–water partition coefficient (Wildman–Crippen LogP) is 3.61. The summed E-state index contributed by atoms with van der Waals surface area (Å²) >= 11 is 0. The first-order valence-electron chi connectivity index (χ1n) is 8.46. The molecule has 136 valence electrons. The number of anilines is 2. The molecule has 0 spiro atoms. The highest BCUT2D eigenvalue weighted by Crippen LogP contribution is 2.31. The average Bonchev–Trinajstić information content (AvgIpc) is 3.47. The number of nitrogens with one attached hydrogen (secondary N) is 2. The molecule has 0 radical (unpaired) electrons. The van der Waals surface area contributed by atoms with E-state index in [1.807, 2.05) is 6.92 Å². The first-order valence-corrected chi connectivity index (χ1v) is 8.46. The first-order chi connectivity index (χ1) is 12.5. The summed E-state index contributed by atoms with van der Waals surface area (Å²) in [7, 11) is 3.10.